The van der Waals surface area contributed by atoms with Gasteiger partial charge >= 0.3 is 0 Å². The van der Waals surface area contributed by atoms with E-state index in [1.54, 1.807) is 0 Å². The van der Waals surface area contributed by atoms with E-state index in [2.05, 4.69) is 40.0 Å². The molecule has 0 saturated carbocycles. The van der Waals surface area contributed by atoms with Crippen molar-refractivity contribution in [3.8, 4) is 11.6 Å². The van der Waals surface area contributed by atoms with Crippen molar-refractivity contribution in [1.29, 1.82) is 0 Å². The third-order valence-electron chi connectivity index (χ3n) is 3.15. The van der Waals surface area contributed by atoms with Crippen molar-refractivity contribution < 1.29 is 4.74 Å². The van der Waals surface area contributed by atoms with Crippen LogP contribution < -0.4 is 10.5 Å². The molecule has 1 aromatic heterocycles. The highest BCUT2D eigenvalue weighted by atomic mass is 79.9. The molecule has 0 aliphatic rings. The smallest absolute Gasteiger partial charge is 0.243 e. The summed E-state index contributed by atoms with van der Waals surface area (Å²) >= 11 is 3.40. The van der Waals surface area contributed by atoms with Crippen LogP contribution in [0.3, 0.4) is 0 Å². The van der Waals surface area contributed by atoms with Crippen molar-refractivity contribution in [3.05, 3.63) is 45.6 Å². The number of hydrogen-bond acceptors (Lipinski definition) is 4. The summed E-state index contributed by atoms with van der Waals surface area (Å²) in [6, 6.07) is 7.61. The van der Waals surface area contributed by atoms with Crippen molar-refractivity contribution >= 4 is 15.9 Å². The fourth-order valence-electron chi connectivity index (χ4n) is 2.14. The van der Waals surface area contributed by atoms with Crippen LogP contribution in [0, 0.1) is 0 Å². The van der Waals surface area contributed by atoms with E-state index < -0.39 is 0 Å². The summed E-state index contributed by atoms with van der Waals surface area (Å²) in [5, 5.41) is 8.43. The highest BCUT2D eigenvalue weighted by Gasteiger charge is 2.14. The highest BCUT2D eigenvalue weighted by Crippen LogP contribution is 2.27. The molecule has 20 heavy (non-hydrogen) atoms. The fourth-order valence-corrected chi connectivity index (χ4v) is 2.40. The van der Waals surface area contributed by atoms with Crippen molar-refractivity contribution in [2.75, 3.05) is 0 Å². The van der Waals surface area contributed by atoms with Crippen LogP contribution in [0.25, 0.3) is 0 Å². The molecule has 0 atom stereocenters. The minimum absolute atomic E-state index is 0.400. The van der Waals surface area contributed by atoms with Gasteiger partial charge in [0.2, 0.25) is 5.88 Å². The first kappa shape index (κ1) is 14.9. The molecule has 0 radical (unpaired) electrons. The quantitative estimate of drug-likeness (QED) is 0.906. The van der Waals surface area contributed by atoms with Crippen LogP contribution in [-0.2, 0) is 19.4 Å². The zero-order valence-electron chi connectivity index (χ0n) is 11.7. The Morgan fingerprint density at radius 3 is 2.30 bits per heavy atom. The van der Waals surface area contributed by atoms with Gasteiger partial charge in [0, 0.05) is 16.6 Å². The number of rotatable bonds is 5. The Labute approximate surface area is 127 Å². The molecule has 0 spiro atoms. The Hall–Kier alpha value is -1.46. The molecule has 2 rings (SSSR count). The van der Waals surface area contributed by atoms with E-state index in [-0.39, 0.29) is 0 Å². The van der Waals surface area contributed by atoms with Crippen molar-refractivity contribution in [2.24, 2.45) is 5.73 Å². The molecule has 0 amide bonds. The van der Waals surface area contributed by atoms with Crippen LogP contribution in [0.4, 0.5) is 0 Å². The Kier molecular flexibility index (Phi) is 5.09. The zero-order valence-corrected chi connectivity index (χ0v) is 13.3. The molecule has 2 aromatic rings. The number of halogens is 1. The van der Waals surface area contributed by atoms with Crippen LogP contribution in [0.1, 0.15) is 30.7 Å². The summed E-state index contributed by atoms with van der Waals surface area (Å²) in [5.74, 6) is 1.23. The van der Waals surface area contributed by atoms with Crippen molar-refractivity contribution in [2.45, 2.75) is 33.2 Å². The number of ether oxygens (including phenoxy) is 1. The molecule has 0 fully saturated rings. The summed E-state index contributed by atoms with van der Waals surface area (Å²) < 4.78 is 6.83. The van der Waals surface area contributed by atoms with Gasteiger partial charge in [-0.2, -0.15) is 5.10 Å². The largest absolute Gasteiger partial charge is 0.437 e. The second-order valence-corrected chi connectivity index (χ2v) is 5.29. The van der Waals surface area contributed by atoms with Gasteiger partial charge < -0.3 is 10.5 Å². The van der Waals surface area contributed by atoms with E-state index in [9.17, 15) is 0 Å². The number of nitrogens with two attached hydrogens (primary N) is 1. The highest BCUT2D eigenvalue weighted by molar-refractivity contribution is 9.10. The van der Waals surface area contributed by atoms with Gasteiger partial charge in [-0.3, -0.25) is 0 Å². The predicted molar refractivity (Wildman–Crippen MR) is 82.9 cm³/mol. The Morgan fingerprint density at radius 1 is 1.05 bits per heavy atom. The molecule has 0 aliphatic heterocycles. The molecular weight excluding hydrogens is 318 g/mol. The van der Waals surface area contributed by atoms with Crippen LogP contribution in [0.15, 0.2) is 28.7 Å². The number of aryl methyl sites for hydroxylation is 1. The summed E-state index contributed by atoms with van der Waals surface area (Å²) in [6.07, 6.45) is 1.73. The molecule has 2 N–H and O–H groups in total. The van der Waals surface area contributed by atoms with Gasteiger partial charge in [0.15, 0.2) is 0 Å². The molecule has 4 nitrogen and oxygen atoms in total. The lowest BCUT2D eigenvalue weighted by Gasteiger charge is -2.14. The van der Waals surface area contributed by atoms with E-state index in [4.69, 9.17) is 10.5 Å². The lowest BCUT2D eigenvalue weighted by atomic mass is 10.0. The number of hydrogen-bond donors (Lipinski definition) is 1. The van der Waals surface area contributed by atoms with Crippen molar-refractivity contribution in [1.82, 2.24) is 10.2 Å². The summed E-state index contributed by atoms with van der Waals surface area (Å²) in [6.45, 7) is 4.56. The lowest BCUT2D eigenvalue weighted by Crippen LogP contribution is -2.10. The Morgan fingerprint density at radius 2 is 1.75 bits per heavy atom. The van der Waals surface area contributed by atoms with E-state index in [0.29, 0.717) is 12.4 Å². The first-order valence-electron chi connectivity index (χ1n) is 6.70. The van der Waals surface area contributed by atoms with E-state index in [1.807, 2.05) is 24.3 Å². The first-order valence-corrected chi connectivity index (χ1v) is 7.49. The molecule has 5 heteroatoms. The average Bonchev–Trinajstić information content (AvgIpc) is 2.48. The Balaban J connectivity index is 2.38. The normalized spacial score (nSPS) is 10.6. The minimum Gasteiger partial charge on any atom is -0.437 e. The average molecular weight is 336 g/mol. The van der Waals surface area contributed by atoms with Gasteiger partial charge in [-0.05, 0) is 42.7 Å². The molecular formula is C15H18BrN3O. The Bertz CT molecular complexity index is 584. The van der Waals surface area contributed by atoms with Gasteiger partial charge in [-0.25, -0.2) is 0 Å². The first-order chi connectivity index (χ1) is 9.69. The maximum absolute atomic E-state index is 5.87. The third kappa shape index (κ3) is 3.16. The molecule has 1 aromatic carbocycles. The summed E-state index contributed by atoms with van der Waals surface area (Å²) in [5.41, 5.74) is 8.97. The minimum atomic E-state index is 0.400. The maximum Gasteiger partial charge on any atom is 0.243 e. The molecule has 0 bridgehead atoms. The van der Waals surface area contributed by atoms with E-state index in [0.717, 1.165) is 39.9 Å². The molecule has 0 saturated heterocycles. The van der Waals surface area contributed by atoms with E-state index >= 15 is 0 Å². The number of aromatic nitrogens is 2. The predicted octanol–water partition coefficient (Wildman–Crippen LogP) is 3.61. The number of nitrogens with zero attached hydrogens (tertiary/aromatic N) is 2. The van der Waals surface area contributed by atoms with Gasteiger partial charge in [-0.1, -0.05) is 29.8 Å². The molecule has 0 unspecified atom stereocenters. The summed E-state index contributed by atoms with van der Waals surface area (Å²) in [7, 11) is 0. The van der Waals surface area contributed by atoms with Crippen molar-refractivity contribution in [3.63, 3.8) is 0 Å². The molecule has 0 aliphatic carbocycles. The fraction of sp³-hybridized carbons (Fsp3) is 0.333. The molecule has 106 valence electrons. The SMILES string of the molecule is CCc1nnc(Oc2ccc(Br)cc2)c(CN)c1CC. The van der Waals surface area contributed by atoms with E-state index in [1.165, 1.54) is 0 Å². The third-order valence-corrected chi connectivity index (χ3v) is 3.68. The van der Waals surface area contributed by atoms with Gasteiger partial charge in [-0.15, -0.1) is 5.10 Å². The second kappa shape index (κ2) is 6.81. The number of benzene rings is 1. The standard InChI is InChI=1S/C15H18BrN3O/c1-3-12-13(9-17)15(19-18-14(12)4-2)20-11-7-5-10(16)6-8-11/h5-8H,3-4,9,17H2,1-2H3. The van der Waals surface area contributed by atoms with Crippen LogP contribution in [-0.4, -0.2) is 10.2 Å². The second-order valence-electron chi connectivity index (χ2n) is 4.38. The van der Waals surface area contributed by atoms with Crippen LogP contribution >= 0.6 is 15.9 Å². The summed E-state index contributed by atoms with van der Waals surface area (Å²) in [4.78, 5) is 0. The van der Waals surface area contributed by atoms with Gasteiger partial charge in [0.1, 0.15) is 5.75 Å². The van der Waals surface area contributed by atoms with Gasteiger partial charge in [0.25, 0.3) is 0 Å². The monoisotopic (exact) mass is 335 g/mol. The van der Waals surface area contributed by atoms with Gasteiger partial charge in [0.05, 0.1) is 5.69 Å². The molecule has 1 heterocycles. The van der Waals surface area contributed by atoms with Crippen LogP contribution in [0.5, 0.6) is 11.6 Å². The lowest BCUT2D eigenvalue weighted by molar-refractivity contribution is 0.445. The zero-order chi connectivity index (χ0) is 14.5. The maximum atomic E-state index is 5.87. The topological polar surface area (TPSA) is 61.0 Å². The van der Waals surface area contributed by atoms with Crippen LogP contribution in [0.2, 0.25) is 0 Å².